The van der Waals surface area contributed by atoms with Crippen LogP contribution in [0.2, 0.25) is 0 Å². The van der Waals surface area contributed by atoms with Crippen LogP contribution in [-0.2, 0) is 0 Å². The van der Waals surface area contributed by atoms with Crippen molar-refractivity contribution in [1.29, 1.82) is 0 Å². The molecule has 0 spiro atoms. The number of rotatable bonds is 5. The van der Waals surface area contributed by atoms with Gasteiger partial charge < -0.3 is 5.11 Å². The van der Waals surface area contributed by atoms with E-state index in [9.17, 15) is 14.3 Å². The van der Waals surface area contributed by atoms with Gasteiger partial charge in [-0.3, -0.25) is 4.79 Å². The van der Waals surface area contributed by atoms with Crippen LogP contribution in [0.5, 0.6) is 0 Å². The van der Waals surface area contributed by atoms with E-state index >= 15 is 0 Å². The van der Waals surface area contributed by atoms with E-state index in [4.69, 9.17) is 0 Å². The Morgan fingerprint density at radius 1 is 1.13 bits per heavy atom. The number of benzene rings is 2. The van der Waals surface area contributed by atoms with E-state index in [1.54, 1.807) is 31.2 Å². The lowest BCUT2D eigenvalue weighted by molar-refractivity contribution is 0.0967. The van der Waals surface area contributed by atoms with Crippen molar-refractivity contribution in [2.75, 3.05) is 0 Å². The van der Waals surface area contributed by atoms with Crippen molar-refractivity contribution in [2.45, 2.75) is 40.2 Å². The molecule has 2 rings (SSSR count). The molecule has 1 unspecified atom stereocenters. The lowest BCUT2D eigenvalue weighted by atomic mass is 9.93. The van der Waals surface area contributed by atoms with Gasteiger partial charge in [0.25, 0.3) is 0 Å². The zero-order chi connectivity index (χ0) is 17.1. The van der Waals surface area contributed by atoms with Crippen LogP contribution in [0.4, 0.5) is 4.39 Å². The fourth-order valence-electron chi connectivity index (χ4n) is 2.55. The molecule has 0 aromatic heterocycles. The molecule has 0 heterocycles. The van der Waals surface area contributed by atoms with Crippen LogP contribution in [0.1, 0.15) is 54.8 Å². The molecule has 0 saturated carbocycles. The standard InChI is InChI=1S/C20H23FO2/c1-12(2)7-20(23)17-10-15(14(4)22)9-16(11-17)18-6-5-13(3)8-19(18)21/h5-6,8-12,14,22H,7H2,1-4H3. The summed E-state index contributed by atoms with van der Waals surface area (Å²) < 4.78 is 14.3. The largest absolute Gasteiger partial charge is 0.389 e. The SMILES string of the molecule is Cc1ccc(-c2cc(C(=O)CC(C)C)cc(C(C)O)c2)c(F)c1. The number of carbonyl (C=O) groups is 1. The molecule has 0 saturated heterocycles. The second-order valence-corrected chi connectivity index (χ2v) is 6.52. The molecule has 1 N–H and O–H groups in total. The summed E-state index contributed by atoms with van der Waals surface area (Å²) in [5, 5.41) is 9.89. The van der Waals surface area contributed by atoms with Gasteiger partial charge in [-0.1, -0.05) is 26.0 Å². The molecule has 0 radical (unpaired) electrons. The highest BCUT2D eigenvalue weighted by molar-refractivity contribution is 5.97. The third kappa shape index (κ3) is 4.26. The third-order valence-corrected chi connectivity index (χ3v) is 3.79. The number of halogens is 1. The Morgan fingerprint density at radius 3 is 2.39 bits per heavy atom. The number of aliphatic hydroxyl groups excluding tert-OH is 1. The van der Waals surface area contributed by atoms with Crippen molar-refractivity contribution >= 4 is 5.78 Å². The normalized spacial score (nSPS) is 12.5. The predicted molar refractivity (Wildman–Crippen MR) is 91.0 cm³/mol. The number of hydrogen-bond acceptors (Lipinski definition) is 2. The molecule has 3 heteroatoms. The Hall–Kier alpha value is -2.00. The molecule has 0 aliphatic carbocycles. The second-order valence-electron chi connectivity index (χ2n) is 6.52. The lowest BCUT2D eigenvalue weighted by Crippen LogP contribution is -2.05. The van der Waals surface area contributed by atoms with Crippen molar-refractivity contribution in [3.63, 3.8) is 0 Å². The van der Waals surface area contributed by atoms with E-state index in [0.717, 1.165) is 5.56 Å². The van der Waals surface area contributed by atoms with Gasteiger partial charge in [0.15, 0.2) is 5.78 Å². The van der Waals surface area contributed by atoms with Crippen LogP contribution in [-0.4, -0.2) is 10.9 Å². The average Bonchev–Trinajstić information content (AvgIpc) is 2.46. The first-order valence-corrected chi connectivity index (χ1v) is 7.90. The smallest absolute Gasteiger partial charge is 0.163 e. The van der Waals surface area contributed by atoms with Gasteiger partial charge in [-0.25, -0.2) is 4.39 Å². The molecule has 0 amide bonds. The van der Waals surface area contributed by atoms with E-state index in [-0.39, 0.29) is 17.5 Å². The maximum absolute atomic E-state index is 14.3. The van der Waals surface area contributed by atoms with E-state index in [1.807, 2.05) is 26.8 Å². The molecule has 1 atom stereocenters. The predicted octanol–water partition coefficient (Wildman–Crippen LogP) is 5.08. The first kappa shape index (κ1) is 17.4. The van der Waals surface area contributed by atoms with Gasteiger partial charge in [0.2, 0.25) is 0 Å². The summed E-state index contributed by atoms with van der Waals surface area (Å²) in [6.07, 6.45) is -0.284. The van der Waals surface area contributed by atoms with Gasteiger partial charge in [0.1, 0.15) is 5.82 Å². The molecular formula is C20H23FO2. The second kappa shape index (κ2) is 7.05. The van der Waals surface area contributed by atoms with Crippen LogP contribution < -0.4 is 0 Å². The van der Waals surface area contributed by atoms with E-state index in [2.05, 4.69) is 0 Å². The van der Waals surface area contributed by atoms with E-state index < -0.39 is 6.10 Å². The minimum atomic E-state index is -0.714. The summed E-state index contributed by atoms with van der Waals surface area (Å²) in [5.74, 6) is -0.0662. The fourth-order valence-corrected chi connectivity index (χ4v) is 2.55. The Kier molecular flexibility index (Phi) is 5.32. The van der Waals surface area contributed by atoms with E-state index in [0.29, 0.717) is 28.7 Å². The summed E-state index contributed by atoms with van der Waals surface area (Å²) >= 11 is 0. The minimum Gasteiger partial charge on any atom is -0.389 e. The average molecular weight is 314 g/mol. The molecule has 2 aromatic carbocycles. The highest BCUT2D eigenvalue weighted by Crippen LogP contribution is 2.29. The van der Waals surface area contributed by atoms with Gasteiger partial charge in [0, 0.05) is 17.5 Å². The summed E-state index contributed by atoms with van der Waals surface area (Å²) in [6, 6.07) is 10.2. The van der Waals surface area contributed by atoms with Crippen molar-refractivity contribution < 1.29 is 14.3 Å². The highest BCUT2D eigenvalue weighted by Gasteiger charge is 2.15. The number of hydrogen-bond donors (Lipinski definition) is 1. The van der Waals surface area contributed by atoms with Crippen molar-refractivity contribution in [1.82, 2.24) is 0 Å². The van der Waals surface area contributed by atoms with Crippen LogP contribution >= 0.6 is 0 Å². The summed E-state index contributed by atoms with van der Waals surface area (Å²) in [7, 11) is 0. The number of carbonyl (C=O) groups excluding carboxylic acids is 1. The number of Topliss-reactive ketones (excluding diaryl/α,β-unsaturated/α-hetero) is 1. The molecule has 122 valence electrons. The Morgan fingerprint density at radius 2 is 1.83 bits per heavy atom. The van der Waals surface area contributed by atoms with Crippen LogP contribution in [0, 0.1) is 18.7 Å². The van der Waals surface area contributed by atoms with Crippen LogP contribution in [0.3, 0.4) is 0 Å². The van der Waals surface area contributed by atoms with Crippen LogP contribution in [0.15, 0.2) is 36.4 Å². The zero-order valence-electron chi connectivity index (χ0n) is 14.1. The van der Waals surface area contributed by atoms with Crippen molar-refractivity contribution in [3.8, 4) is 11.1 Å². The lowest BCUT2D eigenvalue weighted by Gasteiger charge is -2.13. The Balaban J connectivity index is 2.54. The van der Waals surface area contributed by atoms with E-state index in [1.165, 1.54) is 6.07 Å². The fraction of sp³-hybridized carbons (Fsp3) is 0.350. The monoisotopic (exact) mass is 314 g/mol. The van der Waals surface area contributed by atoms with Gasteiger partial charge >= 0.3 is 0 Å². The molecule has 0 aliphatic rings. The molecule has 0 bridgehead atoms. The molecule has 0 fully saturated rings. The summed E-state index contributed by atoms with van der Waals surface area (Å²) in [4.78, 5) is 12.4. The molecule has 0 aliphatic heterocycles. The Labute approximate surface area is 137 Å². The maximum Gasteiger partial charge on any atom is 0.163 e. The molecular weight excluding hydrogens is 291 g/mol. The topological polar surface area (TPSA) is 37.3 Å². The van der Waals surface area contributed by atoms with Gasteiger partial charge in [-0.15, -0.1) is 0 Å². The number of ketones is 1. The summed E-state index contributed by atoms with van der Waals surface area (Å²) in [6.45, 7) is 7.44. The quantitative estimate of drug-likeness (QED) is 0.781. The Bertz CT molecular complexity index is 718. The number of aryl methyl sites for hydroxylation is 1. The maximum atomic E-state index is 14.3. The third-order valence-electron chi connectivity index (χ3n) is 3.79. The van der Waals surface area contributed by atoms with Gasteiger partial charge in [0.05, 0.1) is 6.10 Å². The first-order chi connectivity index (χ1) is 10.8. The van der Waals surface area contributed by atoms with Crippen LogP contribution in [0.25, 0.3) is 11.1 Å². The molecule has 23 heavy (non-hydrogen) atoms. The minimum absolute atomic E-state index is 0.0104. The zero-order valence-corrected chi connectivity index (χ0v) is 14.1. The van der Waals surface area contributed by atoms with Gasteiger partial charge in [-0.2, -0.15) is 0 Å². The first-order valence-electron chi connectivity index (χ1n) is 7.90. The summed E-state index contributed by atoms with van der Waals surface area (Å²) in [5.41, 5.74) is 3.04. The number of aliphatic hydroxyl groups is 1. The molecule has 2 nitrogen and oxygen atoms in total. The van der Waals surface area contributed by atoms with Gasteiger partial charge in [-0.05, 0) is 60.7 Å². The van der Waals surface area contributed by atoms with Crippen molar-refractivity contribution in [2.24, 2.45) is 5.92 Å². The molecule has 2 aromatic rings. The van der Waals surface area contributed by atoms with Crippen molar-refractivity contribution in [3.05, 3.63) is 58.9 Å². The highest BCUT2D eigenvalue weighted by atomic mass is 19.1.